The van der Waals surface area contributed by atoms with E-state index in [-0.39, 0.29) is 10.8 Å². The summed E-state index contributed by atoms with van der Waals surface area (Å²) in [5.41, 5.74) is 0.527. The maximum Gasteiger partial charge on any atom is 0.253 e. The third-order valence-electron chi connectivity index (χ3n) is 3.51. The first-order valence-electron chi connectivity index (χ1n) is 8.35. The molecule has 0 fully saturated rings. The van der Waals surface area contributed by atoms with E-state index in [2.05, 4.69) is 4.72 Å². The molecular weight excluding hydrogens is 312 g/mol. The van der Waals surface area contributed by atoms with Crippen molar-refractivity contribution in [2.75, 3.05) is 19.6 Å². The van der Waals surface area contributed by atoms with Crippen LogP contribution < -0.4 is 4.72 Å². The molecule has 1 rings (SSSR count). The van der Waals surface area contributed by atoms with Gasteiger partial charge in [0.1, 0.15) is 0 Å². The van der Waals surface area contributed by atoms with E-state index in [0.717, 1.165) is 25.7 Å². The number of sulfonamides is 1. The van der Waals surface area contributed by atoms with E-state index in [1.54, 1.807) is 12.1 Å². The van der Waals surface area contributed by atoms with Gasteiger partial charge in [-0.15, -0.1) is 0 Å². The molecule has 5 nitrogen and oxygen atoms in total. The van der Waals surface area contributed by atoms with E-state index < -0.39 is 10.0 Å². The lowest BCUT2D eigenvalue weighted by molar-refractivity contribution is 0.0755. The Morgan fingerprint density at radius 2 is 1.57 bits per heavy atom. The van der Waals surface area contributed by atoms with Gasteiger partial charge < -0.3 is 4.90 Å². The number of rotatable bonds is 10. The molecule has 1 amide bonds. The molecular formula is C17H28N2O3S. The summed E-state index contributed by atoms with van der Waals surface area (Å²) in [6.07, 6.45) is 3.54. The Balaban J connectivity index is 2.84. The quantitative estimate of drug-likeness (QED) is 0.666. The lowest BCUT2D eigenvalue weighted by Gasteiger charge is -2.21. The van der Waals surface area contributed by atoms with Gasteiger partial charge in [0, 0.05) is 25.2 Å². The summed E-state index contributed by atoms with van der Waals surface area (Å²) >= 11 is 0. The zero-order valence-electron chi connectivity index (χ0n) is 14.3. The highest BCUT2D eigenvalue weighted by Gasteiger charge is 2.17. The summed E-state index contributed by atoms with van der Waals surface area (Å²) in [6.45, 7) is 7.94. The van der Waals surface area contributed by atoms with Gasteiger partial charge in [0.15, 0.2) is 0 Å². The van der Waals surface area contributed by atoms with Gasteiger partial charge in [-0.3, -0.25) is 4.79 Å². The second-order valence-corrected chi connectivity index (χ2v) is 7.33. The number of hydrogen-bond acceptors (Lipinski definition) is 3. The van der Waals surface area contributed by atoms with E-state index in [4.69, 9.17) is 0 Å². The summed E-state index contributed by atoms with van der Waals surface area (Å²) in [4.78, 5) is 14.5. The molecule has 0 spiro atoms. The van der Waals surface area contributed by atoms with Gasteiger partial charge in [-0.2, -0.15) is 0 Å². The molecule has 130 valence electrons. The van der Waals surface area contributed by atoms with Crippen molar-refractivity contribution in [1.29, 1.82) is 0 Å². The number of carbonyl (C=O) groups excluding carboxylic acids is 1. The van der Waals surface area contributed by atoms with Gasteiger partial charge in [-0.1, -0.05) is 27.2 Å². The standard InChI is InChI=1S/C17H28N2O3S/c1-4-7-12-18-23(21,22)16-10-8-15(9-11-16)17(20)19(13-5-2)14-6-3/h8-11,18H,4-7,12-14H2,1-3H3. The van der Waals surface area contributed by atoms with Crippen molar-refractivity contribution in [3.63, 3.8) is 0 Å². The van der Waals surface area contributed by atoms with Crippen molar-refractivity contribution in [2.24, 2.45) is 0 Å². The molecule has 23 heavy (non-hydrogen) atoms. The van der Waals surface area contributed by atoms with Gasteiger partial charge in [0.05, 0.1) is 4.90 Å². The van der Waals surface area contributed by atoms with Crippen LogP contribution >= 0.6 is 0 Å². The van der Waals surface area contributed by atoms with Crippen molar-refractivity contribution in [1.82, 2.24) is 9.62 Å². The molecule has 0 aromatic heterocycles. The average molecular weight is 340 g/mol. The van der Waals surface area contributed by atoms with Gasteiger partial charge in [-0.05, 0) is 43.5 Å². The van der Waals surface area contributed by atoms with Crippen LogP contribution in [0.5, 0.6) is 0 Å². The highest BCUT2D eigenvalue weighted by molar-refractivity contribution is 7.89. The molecule has 0 atom stereocenters. The van der Waals surface area contributed by atoms with Gasteiger partial charge in [0.25, 0.3) is 5.91 Å². The third kappa shape index (κ3) is 5.95. The molecule has 0 bridgehead atoms. The van der Waals surface area contributed by atoms with Crippen LogP contribution in [0.25, 0.3) is 0 Å². The molecule has 6 heteroatoms. The fourth-order valence-corrected chi connectivity index (χ4v) is 3.35. The largest absolute Gasteiger partial charge is 0.339 e. The van der Waals surface area contributed by atoms with Gasteiger partial charge >= 0.3 is 0 Å². The van der Waals surface area contributed by atoms with Crippen LogP contribution in [0.2, 0.25) is 0 Å². The van der Waals surface area contributed by atoms with E-state index in [0.29, 0.717) is 25.2 Å². The first-order chi connectivity index (χ1) is 11.0. The Kier molecular flexibility index (Phi) is 8.26. The Morgan fingerprint density at radius 1 is 1.00 bits per heavy atom. The number of unbranched alkanes of at least 4 members (excludes halogenated alkanes) is 1. The zero-order chi connectivity index (χ0) is 17.3. The highest BCUT2D eigenvalue weighted by atomic mass is 32.2. The molecule has 0 unspecified atom stereocenters. The lowest BCUT2D eigenvalue weighted by Crippen LogP contribution is -2.32. The number of nitrogens with zero attached hydrogens (tertiary/aromatic N) is 1. The van der Waals surface area contributed by atoms with E-state index >= 15 is 0 Å². The summed E-state index contributed by atoms with van der Waals surface area (Å²) in [5.74, 6) is -0.0448. The number of hydrogen-bond donors (Lipinski definition) is 1. The van der Waals surface area contributed by atoms with Crippen LogP contribution in [-0.2, 0) is 10.0 Å². The van der Waals surface area contributed by atoms with Crippen LogP contribution in [0.3, 0.4) is 0 Å². The van der Waals surface area contributed by atoms with Crippen molar-refractivity contribution in [3.05, 3.63) is 29.8 Å². The summed E-state index contributed by atoms with van der Waals surface area (Å²) in [5, 5.41) is 0. The molecule has 0 aliphatic carbocycles. The number of amides is 1. The van der Waals surface area contributed by atoms with Crippen LogP contribution in [0.15, 0.2) is 29.2 Å². The Bertz CT molecular complexity index is 576. The topological polar surface area (TPSA) is 66.5 Å². The van der Waals surface area contributed by atoms with Crippen LogP contribution in [0.1, 0.15) is 56.8 Å². The van der Waals surface area contributed by atoms with E-state index in [9.17, 15) is 13.2 Å². The molecule has 1 N–H and O–H groups in total. The first-order valence-corrected chi connectivity index (χ1v) is 9.83. The fraction of sp³-hybridized carbons (Fsp3) is 0.588. The van der Waals surface area contributed by atoms with E-state index in [1.165, 1.54) is 12.1 Å². The Labute approximate surface area is 140 Å². The number of benzene rings is 1. The van der Waals surface area contributed by atoms with Crippen molar-refractivity contribution in [3.8, 4) is 0 Å². The van der Waals surface area contributed by atoms with Gasteiger partial charge in [-0.25, -0.2) is 13.1 Å². The fourth-order valence-electron chi connectivity index (χ4n) is 2.28. The van der Waals surface area contributed by atoms with Crippen LogP contribution in [0, 0.1) is 0 Å². The monoisotopic (exact) mass is 340 g/mol. The Morgan fingerprint density at radius 3 is 2.04 bits per heavy atom. The molecule has 0 saturated carbocycles. The number of carbonyl (C=O) groups is 1. The lowest BCUT2D eigenvalue weighted by atomic mass is 10.2. The number of nitrogens with one attached hydrogen (secondary N) is 1. The highest BCUT2D eigenvalue weighted by Crippen LogP contribution is 2.13. The smallest absolute Gasteiger partial charge is 0.253 e. The SMILES string of the molecule is CCCCNS(=O)(=O)c1ccc(C(=O)N(CCC)CCC)cc1. The summed E-state index contributed by atoms with van der Waals surface area (Å²) < 4.78 is 26.8. The molecule has 0 heterocycles. The summed E-state index contributed by atoms with van der Waals surface area (Å²) in [7, 11) is -3.49. The first kappa shape index (κ1) is 19.6. The second-order valence-electron chi connectivity index (χ2n) is 5.57. The molecule has 0 saturated heterocycles. The van der Waals surface area contributed by atoms with Crippen molar-refractivity contribution in [2.45, 2.75) is 51.3 Å². The predicted molar refractivity (Wildman–Crippen MR) is 93.0 cm³/mol. The predicted octanol–water partition coefficient (Wildman–Crippen LogP) is 3.03. The van der Waals surface area contributed by atoms with Crippen LogP contribution in [0.4, 0.5) is 0 Å². The van der Waals surface area contributed by atoms with E-state index in [1.807, 2.05) is 25.7 Å². The molecule has 1 aromatic carbocycles. The third-order valence-corrected chi connectivity index (χ3v) is 4.99. The molecule has 1 aromatic rings. The molecule has 0 radical (unpaired) electrons. The van der Waals surface area contributed by atoms with Crippen LogP contribution in [-0.4, -0.2) is 38.9 Å². The minimum Gasteiger partial charge on any atom is -0.339 e. The maximum absolute atomic E-state index is 12.5. The minimum absolute atomic E-state index is 0.0448. The molecule has 0 aliphatic rings. The maximum atomic E-state index is 12.5. The van der Waals surface area contributed by atoms with Crippen molar-refractivity contribution >= 4 is 15.9 Å². The van der Waals surface area contributed by atoms with Gasteiger partial charge in [0.2, 0.25) is 10.0 Å². The minimum atomic E-state index is -3.49. The Hall–Kier alpha value is -1.40. The second kappa shape index (κ2) is 9.67. The normalized spacial score (nSPS) is 11.4. The summed E-state index contributed by atoms with van der Waals surface area (Å²) in [6, 6.07) is 6.18. The molecule has 0 aliphatic heterocycles. The average Bonchev–Trinajstić information content (AvgIpc) is 2.54. The van der Waals surface area contributed by atoms with Crippen molar-refractivity contribution < 1.29 is 13.2 Å². The zero-order valence-corrected chi connectivity index (χ0v) is 15.2.